The van der Waals surface area contributed by atoms with Crippen molar-refractivity contribution in [3.63, 3.8) is 0 Å². The number of hydrogen-bond acceptors (Lipinski definition) is 6. The van der Waals surface area contributed by atoms with E-state index in [1.807, 2.05) is 18.2 Å². The molecule has 1 aromatic heterocycles. The molecule has 1 saturated heterocycles. The number of rotatable bonds is 6. The molecule has 0 bridgehead atoms. The number of pyridine rings is 1. The van der Waals surface area contributed by atoms with E-state index in [0.717, 1.165) is 6.42 Å². The Morgan fingerprint density at radius 3 is 2.54 bits per heavy atom. The fourth-order valence-corrected chi connectivity index (χ4v) is 3.04. The molecule has 1 amide bonds. The van der Waals surface area contributed by atoms with E-state index >= 15 is 0 Å². The predicted molar refractivity (Wildman–Crippen MR) is 95.3 cm³/mol. The standard InChI is InChI=1S/C19H22N2O5/c1-23-15-8-7-14(17(24-2)18(15)25-3)19(22)21-11-9-13(12-21)26-16-6-4-5-10-20-16/h4-8,10,13H,9,11-12H2,1-3H3. The van der Waals surface area contributed by atoms with Gasteiger partial charge < -0.3 is 23.8 Å². The van der Waals surface area contributed by atoms with Crippen LogP contribution in [0.3, 0.4) is 0 Å². The van der Waals surface area contributed by atoms with Gasteiger partial charge in [0.2, 0.25) is 11.6 Å². The van der Waals surface area contributed by atoms with Crippen molar-refractivity contribution in [1.29, 1.82) is 0 Å². The van der Waals surface area contributed by atoms with Crippen molar-refractivity contribution < 1.29 is 23.7 Å². The van der Waals surface area contributed by atoms with Crippen LogP contribution in [0.1, 0.15) is 16.8 Å². The topological polar surface area (TPSA) is 70.1 Å². The average molecular weight is 358 g/mol. The van der Waals surface area contributed by atoms with Crippen LogP contribution in [0.2, 0.25) is 0 Å². The second-order valence-electron chi connectivity index (χ2n) is 5.83. The SMILES string of the molecule is COc1ccc(C(=O)N2CCC(Oc3ccccn3)C2)c(OC)c1OC. The summed E-state index contributed by atoms with van der Waals surface area (Å²) in [5.41, 5.74) is 0.434. The fraction of sp³-hybridized carbons (Fsp3) is 0.368. The molecule has 1 aromatic carbocycles. The molecule has 7 nitrogen and oxygen atoms in total. The maximum atomic E-state index is 13.0. The van der Waals surface area contributed by atoms with E-state index in [0.29, 0.717) is 41.8 Å². The molecule has 1 aliphatic rings. The zero-order chi connectivity index (χ0) is 18.5. The van der Waals surface area contributed by atoms with E-state index in [1.54, 1.807) is 30.3 Å². The van der Waals surface area contributed by atoms with Gasteiger partial charge in [-0.05, 0) is 18.2 Å². The summed E-state index contributed by atoms with van der Waals surface area (Å²) in [6, 6.07) is 8.90. The highest BCUT2D eigenvalue weighted by atomic mass is 16.5. The number of ether oxygens (including phenoxy) is 4. The highest BCUT2D eigenvalue weighted by Crippen LogP contribution is 2.40. The largest absolute Gasteiger partial charge is 0.493 e. The predicted octanol–water partition coefficient (Wildman–Crippen LogP) is 2.40. The number of nitrogens with zero attached hydrogens (tertiary/aromatic N) is 2. The minimum atomic E-state index is -0.130. The van der Waals surface area contributed by atoms with Gasteiger partial charge in [-0.3, -0.25) is 4.79 Å². The average Bonchev–Trinajstić information content (AvgIpc) is 3.15. The zero-order valence-corrected chi connectivity index (χ0v) is 15.1. The van der Waals surface area contributed by atoms with Crippen LogP contribution in [-0.2, 0) is 0 Å². The molecule has 0 aliphatic carbocycles. The molecule has 3 rings (SSSR count). The van der Waals surface area contributed by atoms with E-state index in [-0.39, 0.29) is 12.0 Å². The quantitative estimate of drug-likeness (QED) is 0.790. The maximum absolute atomic E-state index is 13.0. The van der Waals surface area contributed by atoms with Gasteiger partial charge in [-0.25, -0.2) is 4.98 Å². The Labute approximate surface area is 152 Å². The summed E-state index contributed by atoms with van der Waals surface area (Å²) in [6.45, 7) is 1.10. The van der Waals surface area contributed by atoms with Gasteiger partial charge in [-0.2, -0.15) is 0 Å². The van der Waals surface area contributed by atoms with Gasteiger partial charge in [-0.1, -0.05) is 6.07 Å². The van der Waals surface area contributed by atoms with Gasteiger partial charge in [0.1, 0.15) is 6.10 Å². The van der Waals surface area contributed by atoms with Crippen LogP contribution in [0.15, 0.2) is 36.5 Å². The van der Waals surface area contributed by atoms with Crippen molar-refractivity contribution >= 4 is 5.91 Å². The third-order valence-electron chi connectivity index (χ3n) is 4.29. The van der Waals surface area contributed by atoms with Crippen LogP contribution in [0.25, 0.3) is 0 Å². The molecule has 0 spiro atoms. The zero-order valence-electron chi connectivity index (χ0n) is 15.1. The lowest BCUT2D eigenvalue weighted by Gasteiger charge is -2.20. The Balaban J connectivity index is 1.76. The van der Waals surface area contributed by atoms with Gasteiger partial charge in [-0.15, -0.1) is 0 Å². The molecule has 1 atom stereocenters. The van der Waals surface area contributed by atoms with Crippen molar-refractivity contribution in [2.45, 2.75) is 12.5 Å². The van der Waals surface area contributed by atoms with E-state index < -0.39 is 0 Å². The van der Waals surface area contributed by atoms with Crippen molar-refractivity contribution in [2.24, 2.45) is 0 Å². The van der Waals surface area contributed by atoms with Crippen LogP contribution in [0.4, 0.5) is 0 Å². The Morgan fingerprint density at radius 2 is 1.88 bits per heavy atom. The minimum absolute atomic E-state index is 0.0833. The highest BCUT2D eigenvalue weighted by Gasteiger charge is 2.31. The molecular weight excluding hydrogens is 336 g/mol. The first-order valence-corrected chi connectivity index (χ1v) is 8.33. The Kier molecular flexibility index (Phi) is 5.46. The van der Waals surface area contributed by atoms with Crippen molar-refractivity contribution in [3.05, 3.63) is 42.1 Å². The minimum Gasteiger partial charge on any atom is -0.493 e. The molecule has 1 fully saturated rings. The molecule has 0 N–H and O–H groups in total. The molecule has 0 radical (unpaired) electrons. The molecule has 2 heterocycles. The van der Waals surface area contributed by atoms with E-state index in [2.05, 4.69) is 4.98 Å². The van der Waals surface area contributed by atoms with Gasteiger partial charge in [0.25, 0.3) is 5.91 Å². The lowest BCUT2D eigenvalue weighted by molar-refractivity contribution is 0.0767. The molecule has 26 heavy (non-hydrogen) atoms. The lowest BCUT2D eigenvalue weighted by atomic mass is 10.1. The molecular formula is C19H22N2O5. The first-order valence-electron chi connectivity index (χ1n) is 8.33. The second kappa shape index (κ2) is 7.95. The fourth-order valence-electron chi connectivity index (χ4n) is 3.04. The molecule has 2 aromatic rings. The van der Waals surface area contributed by atoms with Crippen LogP contribution in [0.5, 0.6) is 23.1 Å². The van der Waals surface area contributed by atoms with Crippen LogP contribution >= 0.6 is 0 Å². The summed E-state index contributed by atoms with van der Waals surface area (Å²) in [6.07, 6.45) is 2.35. The Morgan fingerprint density at radius 1 is 1.08 bits per heavy atom. The molecule has 1 aliphatic heterocycles. The third kappa shape index (κ3) is 3.51. The number of likely N-dealkylation sites (tertiary alicyclic amines) is 1. The molecule has 7 heteroatoms. The highest BCUT2D eigenvalue weighted by molar-refractivity contribution is 5.98. The van der Waals surface area contributed by atoms with E-state index in [4.69, 9.17) is 18.9 Å². The van der Waals surface area contributed by atoms with E-state index in [1.165, 1.54) is 14.2 Å². The van der Waals surface area contributed by atoms with Gasteiger partial charge in [0.15, 0.2) is 11.5 Å². The van der Waals surface area contributed by atoms with Gasteiger partial charge >= 0.3 is 0 Å². The molecule has 1 unspecified atom stereocenters. The number of aromatic nitrogens is 1. The normalized spacial score (nSPS) is 16.3. The van der Waals surface area contributed by atoms with Gasteiger partial charge in [0.05, 0.1) is 33.4 Å². The lowest BCUT2D eigenvalue weighted by Crippen LogP contribution is -2.31. The Hall–Kier alpha value is -2.96. The summed E-state index contributed by atoms with van der Waals surface area (Å²) in [5.74, 6) is 1.72. The monoisotopic (exact) mass is 358 g/mol. The number of hydrogen-bond donors (Lipinski definition) is 0. The number of carbonyl (C=O) groups is 1. The van der Waals surface area contributed by atoms with Gasteiger partial charge in [0, 0.05) is 25.2 Å². The van der Waals surface area contributed by atoms with Crippen LogP contribution in [-0.4, -0.2) is 56.3 Å². The number of benzene rings is 1. The number of amides is 1. The summed E-state index contributed by atoms with van der Waals surface area (Å²) < 4.78 is 21.9. The van der Waals surface area contributed by atoms with E-state index in [9.17, 15) is 4.79 Å². The van der Waals surface area contributed by atoms with Crippen LogP contribution in [0, 0.1) is 0 Å². The first kappa shape index (κ1) is 17.8. The first-order chi connectivity index (χ1) is 12.7. The number of carbonyl (C=O) groups excluding carboxylic acids is 1. The Bertz CT molecular complexity index is 766. The van der Waals surface area contributed by atoms with Crippen molar-refractivity contribution in [1.82, 2.24) is 9.88 Å². The smallest absolute Gasteiger partial charge is 0.257 e. The van der Waals surface area contributed by atoms with Crippen molar-refractivity contribution in [2.75, 3.05) is 34.4 Å². The van der Waals surface area contributed by atoms with Crippen LogP contribution < -0.4 is 18.9 Å². The van der Waals surface area contributed by atoms with Crippen molar-refractivity contribution in [3.8, 4) is 23.1 Å². The summed E-state index contributed by atoms with van der Waals surface area (Å²) in [7, 11) is 4.56. The maximum Gasteiger partial charge on any atom is 0.257 e. The summed E-state index contributed by atoms with van der Waals surface area (Å²) in [5, 5.41) is 0. The number of methoxy groups -OCH3 is 3. The summed E-state index contributed by atoms with van der Waals surface area (Å²) >= 11 is 0. The molecule has 138 valence electrons. The second-order valence-corrected chi connectivity index (χ2v) is 5.83. The summed E-state index contributed by atoms with van der Waals surface area (Å²) in [4.78, 5) is 18.9. The third-order valence-corrected chi connectivity index (χ3v) is 4.29. The molecule has 0 saturated carbocycles.